The average molecular weight is 703 g/mol. The van der Waals surface area contributed by atoms with Crippen LogP contribution in [0.4, 0.5) is 28.9 Å². The third-order valence-corrected chi connectivity index (χ3v) is 10.1. The molecule has 49 heavy (non-hydrogen) atoms. The molecule has 0 radical (unpaired) electrons. The monoisotopic (exact) mass is 702 g/mol. The Hall–Kier alpha value is -4.04. The summed E-state index contributed by atoms with van der Waals surface area (Å²) in [6, 6.07) is 5.68. The number of benzene rings is 1. The summed E-state index contributed by atoms with van der Waals surface area (Å²) >= 11 is 0. The molecule has 3 aromatic rings. The highest BCUT2D eigenvalue weighted by Crippen LogP contribution is 2.38. The standard InChI is InChI=1S/C35H46F4N6O3Si/c1-21-19-45(20-22(2)44(21)6)30-15-28(36)25(23-12-24(17-40-16-23)32(46)43-34(3,4)5)13-29(30)42-33(47)26-18-41-31(14-27(26)35(37,38)39)48-10-11-49(7,8)9/h12-18,21-22H,10-11,19-20H2,1-9H3,(H,42,47)(H,43,46)/t21-,22+. The number of carbonyl (C=O) groups is 2. The third kappa shape index (κ3) is 9.78. The molecule has 9 nitrogen and oxygen atoms in total. The quantitative estimate of drug-likeness (QED) is 0.178. The van der Waals surface area contributed by atoms with Gasteiger partial charge in [-0.15, -0.1) is 0 Å². The molecule has 4 rings (SSSR count). The van der Waals surface area contributed by atoms with Crippen LogP contribution in [0.25, 0.3) is 11.1 Å². The minimum atomic E-state index is -4.88. The zero-order valence-electron chi connectivity index (χ0n) is 29.6. The van der Waals surface area contributed by atoms with Crippen LogP contribution in [0.2, 0.25) is 25.7 Å². The molecule has 3 heterocycles. The molecule has 1 saturated heterocycles. The topological polar surface area (TPSA) is 99.7 Å². The summed E-state index contributed by atoms with van der Waals surface area (Å²) in [6.45, 7) is 17.0. The number of anilines is 2. The number of hydrogen-bond acceptors (Lipinski definition) is 7. The first-order chi connectivity index (χ1) is 22.6. The van der Waals surface area contributed by atoms with Crippen molar-refractivity contribution in [3.8, 4) is 17.0 Å². The van der Waals surface area contributed by atoms with Gasteiger partial charge in [0.05, 0.1) is 34.7 Å². The second kappa shape index (κ2) is 14.4. The normalized spacial score (nSPS) is 17.5. The number of nitrogens with zero attached hydrogens (tertiary/aromatic N) is 4. The van der Waals surface area contributed by atoms with Crippen LogP contribution in [0.1, 0.15) is 60.9 Å². The maximum atomic E-state index is 16.0. The van der Waals surface area contributed by atoms with Gasteiger partial charge >= 0.3 is 6.18 Å². The second-order valence-electron chi connectivity index (χ2n) is 15.0. The highest BCUT2D eigenvalue weighted by atomic mass is 28.3. The molecule has 266 valence electrons. The molecule has 0 aliphatic carbocycles. The minimum Gasteiger partial charge on any atom is -0.478 e. The summed E-state index contributed by atoms with van der Waals surface area (Å²) < 4.78 is 64.5. The Morgan fingerprint density at radius 1 is 0.980 bits per heavy atom. The van der Waals surface area contributed by atoms with E-state index in [2.05, 4.69) is 45.1 Å². The van der Waals surface area contributed by atoms with Crippen molar-refractivity contribution in [2.24, 2.45) is 0 Å². The number of halogens is 4. The molecule has 2 atom stereocenters. The van der Waals surface area contributed by atoms with E-state index >= 15 is 4.39 Å². The van der Waals surface area contributed by atoms with E-state index in [9.17, 15) is 22.8 Å². The van der Waals surface area contributed by atoms with E-state index < -0.39 is 48.5 Å². The largest absolute Gasteiger partial charge is 0.478 e. The van der Waals surface area contributed by atoms with Gasteiger partial charge in [-0.1, -0.05) is 19.6 Å². The molecule has 1 aromatic carbocycles. The number of nitrogens with one attached hydrogen (secondary N) is 2. The van der Waals surface area contributed by atoms with Crippen molar-refractivity contribution in [1.29, 1.82) is 0 Å². The van der Waals surface area contributed by atoms with Crippen LogP contribution < -0.4 is 20.3 Å². The lowest BCUT2D eigenvalue weighted by molar-refractivity contribution is -0.138. The molecule has 14 heteroatoms. The minimum absolute atomic E-state index is 0.00694. The van der Waals surface area contributed by atoms with Crippen LogP contribution in [0.3, 0.4) is 0 Å². The smallest absolute Gasteiger partial charge is 0.417 e. The number of hydrogen-bond donors (Lipinski definition) is 2. The van der Waals surface area contributed by atoms with Gasteiger partial charge in [0, 0.05) is 74.6 Å². The molecular weight excluding hydrogens is 657 g/mol. The van der Waals surface area contributed by atoms with Gasteiger partial charge in [-0.3, -0.25) is 19.5 Å². The van der Waals surface area contributed by atoms with E-state index in [0.29, 0.717) is 18.8 Å². The van der Waals surface area contributed by atoms with Crippen molar-refractivity contribution in [2.75, 3.05) is 37.0 Å². The van der Waals surface area contributed by atoms with Gasteiger partial charge < -0.3 is 20.3 Å². The van der Waals surface area contributed by atoms with Gasteiger partial charge in [-0.25, -0.2) is 9.37 Å². The van der Waals surface area contributed by atoms with E-state index in [1.807, 2.05) is 46.6 Å². The van der Waals surface area contributed by atoms with Crippen LogP contribution in [-0.2, 0) is 6.18 Å². The van der Waals surface area contributed by atoms with Crippen LogP contribution in [0, 0.1) is 5.82 Å². The van der Waals surface area contributed by atoms with E-state index in [0.717, 1.165) is 18.3 Å². The van der Waals surface area contributed by atoms with Crippen molar-refractivity contribution in [1.82, 2.24) is 20.2 Å². The Morgan fingerprint density at radius 3 is 2.22 bits per heavy atom. The molecule has 0 unspecified atom stereocenters. The molecule has 2 N–H and O–H groups in total. The Morgan fingerprint density at radius 2 is 1.63 bits per heavy atom. The molecule has 2 aromatic heterocycles. The summed E-state index contributed by atoms with van der Waals surface area (Å²) in [5, 5.41) is 5.47. The summed E-state index contributed by atoms with van der Waals surface area (Å²) in [5.74, 6) is -2.36. The fraction of sp³-hybridized carbons (Fsp3) is 0.486. The molecule has 0 spiro atoms. The van der Waals surface area contributed by atoms with Gasteiger partial charge in [0.2, 0.25) is 5.88 Å². The number of piperazine rings is 1. The molecule has 2 amide bonds. The second-order valence-corrected chi connectivity index (χ2v) is 20.6. The van der Waals surface area contributed by atoms with E-state index in [4.69, 9.17) is 4.74 Å². The zero-order valence-corrected chi connectivity index (χ0v) is 30.6. The number of pyridine rings is 2. The maximum absolute atomic E-state index is 16.0. The van der Waals surface area contributed by atoms with Gasteiger partial charge in [0.1, 0.15) is 5.82 Å². The number of aromatic nitrogens is 2. The van der Waals surface area contributed by atoms with Gasteiger partial charge in [0.25, 0.3) is 11.8 Å². The van der Waals surface area contributed by atoms with Crippen molar-refractivity contribution >= 4 is 31.3 Å². The number of likely N-dealkylation sites (N-methyl/N-ethyl adjacent to an activating group) is 1. The van der Waals surface area contributed by atoms with Crippen molar-refractivity contribution in [3.05, 3.63) is 65.4 Å². The predicted molar refractivity (Wildman–Crippen MR) is 187 cm³/mol. The lowest BCUT2D eigenvalue weighted by atomic mass is 10.0. The summed E-state index contributed by atoms with van der Waals surface area (Å²) in [6.07, 6.45) is -1.29. The fourth-order valence-corrected chi connectivity index (χ4v) is 6.17. The summed E-state index contributed by atoms with van der Waals surface area (Å²) in [7, 11) is 0.471. The summed E-state index contributed by atoms with van der Waals surface area (Å²) in [4.78, 5) is 38.8. The lowest BCUT2D eigenvalue weighted by Crippen LogP contribution is -2.55. The molecule has 1 fully saturated rings. The first-order valence-corrected chi connectivity index (χ1v) is 19.9. The predicted octanol–water partition coefficient (Wildman–Crippen LogP) is 7.33. The Labute approximate surface area is 286 Å². The third-order valence-electron chi connectivity index (χ3n) is 8.36. The number of amides is 2. The number of carbonyl (C=O) groups excluding carboxylic acids is 2. The number of rotatable bonds is 9. The Balaban J connectivity index is 1.77. The Bertz CT molecular complexity index is 1680. The van der Waals surface area contributed by atoms with E-state index in [-0.39, 0.29) is 46.9 Å². The van der Waals surface area contributed by atoms with Crippen LogP contribution >= 0.6 is 0 Å². The summed E-state index contributed by atoms with van der Waals surface area (Å²) in [5.41, 5.74) is -1.58. The van der Waals surface area contributed by atoms with Crippen molar-refractivity contribution in [2.45, 2.75) is 84.1 Å². The first kappa shape index (κ1) is 37.8. The number of alkyl halides is 3. The fourth-order valence-electron chi connectivity index (χ4n) is 5.45. The van der Waals surface area contributed by atoms with Crippen molar-refractivity contribution in [3.63, 3.8) is 0 Å². The molecule has 0 saturated carbocycles. The highest BCUT2D eigenvalue weighted by molar-refractivity contribution is 6.76. The zero-order chi connectivity index (χ0) is 36.5. The molecular formula is C35H46F4N6O3Si. The van der Waals surface area contributed by atoms with Crippen LogP contribution in [0.15, 0.2) is 42.9 Å². The van der Waals surface area contributed by atoms with Gasteiger partial charge in [-0.05, 0) is 65.9 Å². The maximum Gasteiger partial charge on any atom is 0.417 e. The molecule has 1 aliphatic heterocycles. The SMILES string of the molecule is C[C@@H]1CN(c2cc(F)c(-c3cncc(C(=O)NC(C)(C)C)c3)cc2NC(=O)c2cnc(OCC[Si](C)(C)C)cc2C(F)(F)F)C[C@H](C)N1C. The Kier molecular flexibility index (Phi) is 11.1. The van der Waals surface area contributed by atoms with E-state index in [1.54, 1.807) is 0 Å². The van der Waals surface area contributed by atoms with Gasteiger partial charge in [-0.2, -0.15) is 13.2 Å². The van der Waals surface area contributed by atoms with Crippen LogP contribution in [-0.4, -0.2) is 79.1 Å². The van der Waals surface area contributed by atoms with Crippen molar-refractivity contribution < 1.29 is 31.9 Å². The average Bonchev–Trinajstić information content (AvgIpc) is 2.98. The molecule has 0 bridgehead atoms. The lowest BCUT2D eigenvalue weighted by Gasteiger charge is -2.44. The number of ether oxygens (including phenoxy) is 1. The first-order valence-electron chi connectivity index (χ1n) is 16.2. The van der Waals surface area contributed by atoms with E-state index in [1.165, 1.54) is 30.6 Å². The molecule has 1 aliphatic rings. The van der Waals surface area contributed by atoms with Gasteiger partial charge in [0.15, 0.2) is 0 Å². The highest BCUT2D eigenvalue weighted by Gasteiger charge is 2.37. The van der Waals surface area contributed by atoms with Crippen LogP contribution in [0.5, 0.6) is 5.88 Å².